The largest absolute Gasteiger partial charge is 0.329 e. The van der Waals surface area contributed by atoms with Gasteiger partial charge in [0.25, 0.3) is 0 Å². The van der Waals surface area contributed by atoms with E-state index >= 15 is 0 Å². The maximum atomic E-state index is 10.4. The number of nitrogens with one attached hydrogen (secondary N) is 1. The monoisotopic (exact) mass is 139 g/mol. The lowest BCUT2D eigenvalue weighted by Gasteiger charge is -1.83. The van der Waals surface area contributed by atoms with E-state index in [1.807, 2.05) is 20.8 Å². The van der Waals surface area contributed by atoms with Gasteiger partial charge in [-0.15, -0.1) is 0 Å². The molecule has 0 radical (unpaired) electrons. The van der Waals surface area contributed by atoms with Gasteiger partial charge in [-0.3, -0.25) is 4.79 Å². The number of pyridine rings is 1. The van der Waals surface area contributed by atoms with Crippen molar-refractivity contribution in [2.75, 3.05) is 0 Å². The molecule has 0 saturated heterocycles. The first kappa shape index (κ1) is 8.95. The van der Waals surface area contributed by atoms with Gasteiger partial charge in [0.1, 0.15) is 0 Å². The second-order valence-electron chi connectivity index (χ2n) is 1.73. The van der Waals surface area contributed by atoms with E-state index in [0.717, 1.165) is 5.56 Å². The third-order valence-corrected chi connectivity index (χ3v) is 0.940. The molecule has 0 aliphatic rings. The molecular weight excluding hydrogens is 126 g/mol. The van der Waals surface area contributed by atoms with Gasteiger partial charge in [-0.2, -0.15) is 0 Å². The number of rotatable bonds is 0. The molecule has 0 unspecified atom stereocenters. The van der Waals surface area contributed by atoms with Crippen LogP contribution >= 0.6 is 0 Å². The average molecular weight is 139 g/mol. The quantitative estimate of drug-likeness (QED) is 0.583. The molecule has 1 rings (SSSR count). The summed E-state index contributed by atoms with van der Waals surface area (Å²) in [5.74, 6) is 0. The Morgan fingerprint density at radius 2 is 1.90 bits per heavy atom. The van der Waals surface area contributed by atoms with Gasteiger partial charge in [0.15, 0.2) is 0 Å². The summed E-state index contributed by atoms with van der Waals surface area (Å²) in [7, 11) is 0. The van der Waals surface area contributed by atoms with Crippen molar-refractivity contribution in [3.63, 3.8) is 0 Å². The van der Waals surface area contributed by atoms with Crippen LogP contribution in [0.25, 0.3) is 0 Å². The van der Waals surface area contributed by atoms with Gasteiger partial charge in [-0.1, -0.05) is 19.9 Å². The summed E-state index contributed by atoms with van der Waals surface area (Å²) in [6.07, 6.45) is 1.68. The van der Waals surface area contributed by atoms with Crippen molar-refractivity contribution in [3.8, 4) is 0 Å². The van der Waals surface area contributed by atoms with Crippen LogP contribution in [-0.4, -0.2) is 4.98 Å². The Morgan fingerprint density at radius 3 is 2.20 bits per heavy atom. The SMILES string of the molecule is CC.Cc1ccc(=O)[nH]c1. The van der Waals surface area contributed by atoms with Crippen molar-refractivity contribution in [1.29, 1.82) is 0 Å². The number of H-pyrrole nitrogens is 1. The summed E-state index contributed by atoms with van der Waals surface area (Å²) in [5.41, 5.74) is 1.03. The zero-order valence-electron chi connectivity index (χ0n) is 6.64. The highest BCUT2D eigenvalue weighted by Crippen LogP contribution is 1.84. The van der Waals surface area contributed by atoms with Crippen LogP contribution < -0.4 is 5.56 Å². The fraction of sp³-hybridized carbons (Fsp3) is 0.375. The Bertz CT molecular complexity index is 206. The molecule has 1 aromatic rings. The molecule has 0 fully saturated rings. The molecule has 56 valence electrons. The van der Waals surface area contributed by atoms with E-state index in [4.69, 9.17) is 0 Å². The van der Waals surface area contributed by atoms with Crippen LogP contribution in [0.4, 0.5) is 0 Å². The maximum absolute atomic E-state index is 10.4. The molecule has 0 saturated carbocycles. The third-order valence-electron chi connectivity index (χ3n) is 0.940. The summed E-state index contributed by atoms with van der Waals surface area (Å²) >= 11 is 0. The van der Waals surface area contributed by atoms with E-state index in [2.05, 4.69) is 4.98 Å². The molecule has 1 N–H and O–H groups in total. The summed E-state index contributed by atoms with van der Waals surface area (Å²) in [6.45, 7) is 5.93. The van der Waals surface area contributed by atoms with Crippen LogP contribution in [0.3, 0.4) is 0 Å². The lowest BCUT2D eigenvalue weighted by Crippen LogP contribution is -2.00. The van der Waals surface area contributed by atoms with Crippen LogP contribution in [0.5, 0.6) is 0 Å². The van der Waals surface area contributed by atoms with E-state index in [1.165, 1.54) is 6.07 Å². The molecule has 2 nitrogen and oxygen atoms in total. The molecule has 0 spiro atoms. The van der Waals surface area contributed by atoms with Crippen molar-refractivity contribution in [2.24, 2.45) is 0 Å². The number of aromatic amines is 1. The van der Waals surface area contributed by atoms with Crippen molar-refractivity contribution in [3.05, 3.63) is 34.2 Å². The van der Waals surface area contributed by atoms with E-state index in [0.29, 0.717) is 0 Å². The second-order valence-corrected chi connectivity index (χ2v) is 1.73. The summed E-state index contributed by atoms with van der Waals surface area (Å²) in [4.78, 5) is 12.9. The molecule has 2 heteroatoms. The van der Waals surface area contributed by atoms with Crippen molar-refractivity contribution >= 4 is 0 Å². The Kier molecular flexibility index (Phi) is 4.29. The Labute approximate surface area is 60.9 Å². The van der Waals surface area contributed by atoms with E-state index in [-0.39, 0.29) is 5.56 Å². The third kappa shape index (κ3) is 3.07. The summed E-state index contributed by atoms with van der Waals surface area (Å²) in [6, 6.07) is 3.29. The van der Waals surface area contributed by atoms with Gasteiger partial charge in [0, 0.05) is 12.3 Å². The van der Waals surface area contributed by atoms with E-state index in [9.17, 15) is 4.79 Å². The van der Waals surface area contributed by atoms with Crippen LogP contribution in [0.15, 0.2) is 23.1 Å². The zero-order valence-corrected chi connectivity index (χ0v) is 6.64. The smallest absolute Gasteiger partial charge is 0.247 e. The van der Waals surface area contributed by atoms with Gasteiger partial charge in [0.2, 0.25) is 5.56 Å². The second kappa shape index (κ2) is 4.79. The topological polar surface area (TPSA) is 32.9 Å². The van der Waals surface area contributed by atoms with Crippen molar-refractivity contribution in [2.45, 2.75) is 20.8 Å². The highest BCUT2D eigenvalue weighted by atomic mass is 16.1. The first-order valence-corrected chi connectivity index (χ1v) is 3.44. The molecule has 0 aromatic carbocycles. The number of aromatic nitrogens is 1. The molecule has 0 amide bonds. The molecular formula is C8H13NO. The fourth-order valence-electron chi connectivity index (χ4n) is 0.488. The summed E-state index contributed by atoms with van der Waals surface area (Å²) in [5, 5.41) is 0. The minimum absolute atomic E-state index is 0.0457. The lowest BCUT2D eigenvalue weighted by atomic mass is 10.3. The van der Waals surface area contributed by atoms with Crippen LogP contribution in [0, 0.1) is 6.92 Å². The molecule has 1 aromatic heterocycles. The predicted molar refractivity (Wildman–Crippen MR) is 43.1 cm³/mol. The van der Waals surface area contributed by atoms with Crippen LogP contribution in [0.2, 0.25) is 0 Å². The fourth-order valence-corrected chi connectivity index (χ4v) is 0.488. The first-order valence-electron chi connectivity index (χ1n) is 3.44. The highest BCUT2D eigenvalue weighted by Gasteiger charge is 1.78. The maximum Gasteiger partial charge on any atom is 0.247 e. The molecule has 0 aliphatic heterocycles. The van der Waals surface area contributed by atoms with E-state index in [1.54, 1.807) is 12.3 Å². The minimum Gasteiger partial charge on any atom is -0.329 e. The summed E-state index contributed by atoms with van der Waals surface area (Å²) < 4.78 is 0. The van der Waals surface area contributed by atoms with Gasteiger partial charge in [-0.25, -0.2) is 0 Å². The molecule has 10 heavy (non-hydrogen) atoms. The van der Waals surface area contributed by atoms with Crippen LogP contribution in [-0.2, 0) is 0 Å². The average Bonchev–Trinajstić information content (AvgIpc) is 2.00. The lowest BCUT2D eigenvalue weighted by molar-refractivity contribution is 1.20. The molecule has 0 atom stereocenters. The number of hydrogen-bond acceptors (Lipinski definition) is 1. The van der Waals surface area contributed by atoms with Crippen LogP contribution in [0.1, 0.15) is 19.4 Å². The Morgan fingerprint density at radius 1 is 1.30 bits per heavy atom. The van der Waals surface area contributed by atoms with Crippen molar-refractivity contribution < 1.29 is 0 Å². The van der Waals surface area contributed by atoms with Crippen molar-refractivity contribution in [1.82, 2.24) is 4.98 Å². The number of hydrogen-bond donors (Lipinski definition) is 1. The van der Waals surface area contributed by atoms with Gasteiger partial charge in [0.05, 0.1) is 0 Å². The van der Waals surface area contributed by atoms with Gasteiger partial charge in [-0.05, 0) is 12.5 Å². The normalized spacial score (nSPS) is 7.90. The molecule has 0 bridgehead atoms. The van der Waals surface area contributed by atoms with E-state index < -0.39 is 0 Å². The zero-order chi connectivity index (χ0) is 7.98. The van der Waals surface area contributed by atoms with Gasteiger partial charge >= 0.3 is 0 Å². The highest BCUT2D eigenvalue weighted by molar-refractivity contribution is 5.04. The standard InChI is InChI=1S/C6H7NO.C2H6/c1-5-2-3-6(8)7-4-5;1-2/h2-4H,1H3,(H,7,8);1-2H3. The predicted octanol–water partition coefficient (Wildman–Crippen LogP) is 1.71. The minimum atomic E-state index is -0.0457. The Balaban J connectivity index is 0.000000371. The van der Waals surface area contributed by atoms with Gasteiger partial charge < -0.3 is 4.98 Å². The molecule has 0 aliphatic carbocycles. The first-order chi connectivity index (χ1) is 4.79. The molecule has 1 heterocycles. The Hall–Kier alpha value is -1.05. The number of aryl methyl sites for hydroxylation is 1.